The number of nitrogens with zero attached hydrogens (tertiary/aromatic N) is 2. The molecule has 0 aliphatic carbocycles. The van der Waals surface area contributed by atoms with Crippen molar-refractivity contribution < 1.29 is 18.1 Å². The Morgan fingerprint density at radius 1 is 1.33 bits per heavy atom. The van der Waals surface area contributed by atoms with Gasteiger partial charge in [-0.25, -0.2) is 4.98 Å². The predicted octanol–water partition coefficient (Wildman–Crippen LogP) is 3.82. The van der Waals surface area contributed by atoms with Gasteiger partial charge in [-0.05, 0) is 12.1 Å². The fourth-order valence-electron chi connectivity index (χ4n) is 1.51. The normalized spacial score (nSPS) is 11.8. The Labute approximate surface area is 103 Å². The summed E-state index contributed by atoms with van der Waals surface area (Å²) in [4.78, 5) is 13.5. The molecule has 8 heteroatoms. The van der Waals surface area contributed by atoms with Gasteiger partial charge < -0.3 is 0 Å². The molecule has 0 saturated carbocycles. The smallest absolute Gasteiger partial charge is 0.258 e. The van der Waals surface area contributed by atoms with Crippen LogP contribution in [-0.4, -0.2) is 9.91 Å². The van der Waals surface area contributed by atoms with Crippen LogP contribution in [0.2, 0.25) is 5.02 Å². The lowest BCUT2D eigenvalue weighted by molar-refractivity contribution is -0.383. The van der Waals surface area contributed by atoms with E-state index in [1.54, 1.807) is 0 Å². The molecule has 0 aliphatic rings. The lowest BCUT2D eigenvalue weighted by atomic mass is 10.1. The minimum Gasteiger partial charge on any atom is -0.258 e. The van der Waals surface area contributed by atoms with Crippen molar-refractivity contribution in [3.05, 3.63) is 45.1 Å². The van der Waals surface area contributed by atoms with E-state index >= 15 is 0 Å². The van der Waals surface area contributed by atoms with E-state index in [0.29, 0.717) is 6.07 Å². The second-order valence-electron chi connectivity index (χ2n) is 3.44. The van der Waals surface area contributed by atoms with E-state index in [-0.39, 0.29) is 15.9 Å². The molecule has 1 aromatic carbocycles. The highest BCUT2D eigenvalue weighted by atomic mass is 35.5. The summed E-state index contributed by atoms with van der Waals surface area (Å²) in [6, 6.07) is 2.47. The maximum absolute atomic E-state index is 12.6. The Balaban J connectivity index is 2.88. The predicted molar refractivity (Wildman–Crippen MR) is 58.4 cm³/mol. The molecule has 2 aromatic rings. The van der Waals surface area contributed by atoms with E-state index in [9.17, 15) is 23.3 Å². The lowest BCUT2D eigenvalue weighted by Gasteiger charge is -2.08. The monoisotopic (exact) mass is 276 g/mol. The van der Waals surface area contributed by atoms with Gasteiger partial charge in [-0.15, -0.1) is 0 Å². The SMILES string of the molecule is O=[N+]([O-])c1cc(C(F)(F)F)cc2c(Cl)ccnc12. The van der Waals surface area contributed by atoms with Crippen molar-refractivity contribution in [1.82, 2.24) is 4.98 Å². The van der Waals surface area contributed by atoms with E-state index in [4.69, 9.17) is 11.6 Å². The standard InChI is InChI=1S/C10H4ClF3N2O2/c11-7-1-2-15-9-6(7)3-5(10(12,13)14)4-8(9)16(17)18/h1-4H. The second-order valence-corrected chi connectivity index (χ2v) is 3.85. The van der Waals surface area contributed by atoms with Crippen molar-refractivity contribution in [2.45, 2.75) is 6.18 Å². The van der Waals surface area contributed by atoms with Crippen molar-refractivity contribution in [1.29, 1.82) is 0 Å². The van der Waals surface area contributed by atoms with Crippen LogP contribution < -0.4 is 0 Å². The van der Waals surface area contributed by atoms with Gasteiger partial charge in [-0.1, -0.05) is 11.6 Å². The van der Waals surface area contributed by atoms with Crippen molar-refractivity contribution in [3.8, 4) is 0 Å². The Hall–Kier alpha value is -1.89. The van der Waals surface area contributed by atoms with Crippen LogP contribution in [0.25, 0.3) is 10.9 Å². The molecule has 0 saturated heterocycles. The molecule has 18 heavy (non-hydrogen) atoms. The van der Waals surface area contributed by atoms with Crippen molar-refractivity contribution in [2.24, 2.45) is 0 Å². The van der Waals surface area contributed by atoms with E-state index < -0.39 is 22.4 Å². The number of pyridine rings is 1. The van der Waals surface area contributed by atoms with Crippen LogP contribution in [-0.2, 0) is 6.18 Å². The highest BCUT2D eigenvalue weighted by molar-refractivity contribution is 6.35. The number of non-ortho nitro benzene ring substituents is 1. The Morgan fingerprint density at radius 3 is 2.56 bits per heavy atom. The quantitative estimate of drug-likeness (QED) is 0.588. The summed E-state index contributed by atoms with van der Waals surface area (Å²) in [5, 5.41) is 10.6. The number of benzene rings is 1. The summed E-state index contributed by atoms with van der Waals surface area (Å²) >= 11 is 5.73. The molecular formula is C10H4ClF3N2O2. The first-order valence-electron chi connectivity index (χ1n) is 4.60. The lowest BCUT2D eigenvalue weighted by Crippen LogP contribution is -2.06. The fraction of sp³-hybridized carbons (Fsp3) is 0.100. The van der Waals surface area contributed by atoms with Crippen molar-refractivity contribution in [3.63, 3.8) is 0 Å². The summed E-state index contributed by atoms with van der Waals surface area (Å²) < 4.78 is 37.8. The molecule has 0 amide bonds. The van der Waals surface area contributed by atoms with Gasteiger partial charge in [0.15, 0.2) is 0 Å². The first-order valence-corrected chi connectivity index (χ1v) is 4.98. The highest BCUT2D eigenvalue weighted by Crippen LogP contribution is 2.37. The highest BCUT2D eigenvalue weighted by Gasteiger charge is 2.33. The number of nitro groups is 1. The van der Waals surface area contributed by atoms with Crippen LogP contribution in [0, 0.1) is 10.1 Å². The van der Waals surface area contributed by atoms with Gasteiger partial charge in [0, 0.05) is 17.6 Å². The average Bonchev–Trinajstić information content (AvgIpc) is 2.27. The minimum absolute atomic E-state index is 0.0193. The summed E-state index contributed by atoms with van der Waals surface area (Å²) in [7, 11) is 0. The van der Waals surface area contributed by atoms with Gasteiger partial charge in [0.1, 0.15) is 5.52 Å². The molecule has 0 N–H and O–H groups in total. The van der Waals surface area contributed by atoms with Gasteiger partial charge in [0.05, 0.1) is 15.5 Å². The van der Waals surface area contributed by atoms with Crippen LogP contribution in [0.3, 0.4) is 0 Å². The third-order valence-corrected chi connectivity index (χ3v) is 2.63. The number of hydrogen-bond donors (Lipinski definition) is 0. The van der Waals surface area contributed by atoms with Gasteiger partial charge in [0.25, 0.3) is 5.69 Å². The zero-order chi connectivity index (χ0) is 13.5. The average molecular weight is 277 g/mol. The molecule has 0 fully saturated rings. The topological polar surface area (TPSA) is 56.0 Å². The number of rotatable bonds is 1. The molecule has 94 valence electrons. The fourth-order valence-corrected chi connectivity index (χ4v) is 1.71. The number of aromatic nitrogens is 1. The summed E-state index contributed by atoms with van der Waals surface area (Å²) in [5.74, 6) is 0. The van der Waals surface area contributed by atoms with E-state index in [2.05, 4.69) is 4.98 Å². The zero-order valence-corrected chi connectivity index (χ0v) is 9.29. The number of alkyl halides is 3. The van der Waals surface area contributed by atoms with E-state index in [0.717, 1.165) is 6.07 Å². The largest absolute Gasteiger partial charge is 0.416 e. The molecule has 1 aromatic heterocycles. The van der Waals surface area contributed by atoms with Crippen LogP contribution in [0.4, 0.5) is 18.9 Å². The van der Waals surface area contributed by atoms with Crippen molar-refractivity contribution in [2.75, 3.05) is 0 Å². The molecule has 0 spiro atoms. The molecule has 0 atom stereocenters. The molecule has 1 heterocycles. The van der Waals surface area contributed by atoms with E-state index in [1.807, 2.05) is 0 Å². The minimum atomic E-state index is -4.68. The number of fused-ring (bicyclic) bond motifs is 1. The van der Waals surface area contributed by atoms with Gasteiger partial charge >= 0.3 is 6.18 Å². The number of hydrogen-bond acceptors (Lipinski definition) is 3. The molecule has 0 aliphatic heterocycles. The molecule has 0 bridgehead atoms. The second kappa shape index (κ2) is 4.09. The van der Waals surface area contributed by atoms with Gasteiger partial charge in [0.2, 0.25) is 0 Å². The van der Waals surface area contributed by atoms with Crippen LogP contribution in [0.15, 0.2) is 24.4 Å². The zero-order valence-electron chi connectivity index (χ0n) is 8.53. The summed E-state index contributed by atoms with van der Waals surface area (Å²) in [5.41, 5.74) is -2.01. The molecule has 0 radical (unpaired) electrons. The Morgan fingerprint density at radius 2 is 2.00 bits per heavy atom. The number of nitro benzene ring substituents is 1. The molecule has 2 rings (SSSR count). The summed E-state index contributed by atoms with van der Waals surface area (Å²) in [6.07, 6.45) is -3.48. The van der Waals surface area contributed by atoms with Crippen molar-refractivity contribution >= 4 is 28.2 Å². The Bertz CT molecular complexity index is 643. The van der Waals surface area contributed by atoms with Gasteiger partial charge in [-0.2, -0.15) is 13.2 Å². The number of halogens is 4. The van der Waals surface area contributed by atoms with Crippen LogP contribution in [0.1, 0.15) is 5.56 Å². The summed E-state index contributed by atoms with van der Waals surface area (Å²) in [6.45, 7) is 0. The maximum Gasteiger partial charge on any atom is 0.416 e. The van der Waals surface area contributed by atoms with Crippen LogP contribution >= 0.6 is 11.6 Å². The van der Waals surface area contributed by atoms with Crippen LogP contribution in [0.5, 0.6) is 0 Å². The maximum atomic E-state index is 12.6. The third-order valence-electron chi connectivity index (χ3n) is 2.30. The first kappa shape index (κ1) is 12.6. The first-order chi connectivity index (χ1) is 8.30. The third kappa shape index (κ3) is 2.08. The molecular weight excluding hydrogens is 273 g/mol. The van der Waals surface area contributed by atoms with E-state index in [1.165, 1.54) is 12.3 Å². The molecule has 4 nitrogen and oxygen atoms in total. The molecule has 0 unspecified atom stereocenters. The Kier molecular flexibility index (Phi) is 2.86. The van der Waals surface area contributed by atoms with Gasteiger partial charge in [-0.3, -0.25) is 10.1 Å².